The fourth-order valence-electron chi connectivity index (χ4n) is 3.96. The molecule has 0 saturated carbocycles. The lowest BCUT2D eigenvalue weighted by Gasteiger charge is -2.13. The van der Waals surface area contributed by atoms with E-state index in [1.54, 1.807) is 0 Å². The number of hydrogen-bond donors (Lipinski definition) is 1. The zero-order chi connectivity index (χ0) is 19.8. The van der Waals surface area contributed by atoms with Crippen LogP contribution in [-0.4, -0.2) is 14.1 Å². The van der Waals surface area contributed by atoms with Crippen LogP contribution in [0.2, 0.25) is 0 Å². The van der Waals surface area contributed by atoms with E-state index in [1.807, 2.05) is 11.3 Å². The SMILES string of the molecule is CN(C)c1ccc(CNc2sc3c(c2C#N)CCCCCCCCCC3)cc1. The van der Waals surface area contributed by atoms with Gasteiger partial charge in [0.1, 0.15) is 11.1 Å². The smallest absolute Gasteiger partial charge is 0.107 e. The molecule has 1 aromatic carbocycles. The highest BCUT2D eigenvalue weighted by molar-refractivity contribution is 7.16. The maximum Gasteiger partial charge on any atom is 0.107 e. The largest absolute Gasteiger partial charge is 0.378 e. The first-order chi connectivity index (χ1) is 13.7. The molecule has 1 aliphatic rings. The normalized spacial score (nSPS) is 15.6. The molecule has 0 bridgehead atoms. The van der Waals surface area contributed by atoms with Gasteiger partial charge >= 0.3 is 0 Å². The van der Waals surface area contributed by atoms with Crippen LogP contribution in [0, 0.1) is 11.3 Å². The predicted molar refractivity (Wildman–Crippen MR) is 121 cm³/mol. The molecule has 0 unspecified atom stereocenters. The van der Waals surface area contributed by atoms with E-state index in [0.717, 1.165) is 30.0 Å². The van der Waals surface area contributed by atoms with Crippen molar-refractivity contribution < 1.29 is 0 Å². The van der Waals surface area contributed by atoms with E-state index in [0.29, 0.717) is 0 Å². The van der Waals surface area contributed by atoms with E-state index < -0.39 is 0 Å². The number of rotatable bonds is 4. The van der Waals surface area contributed by atoms with Crippen LogP contribution in [0.3, 0.4) is 0 Å². The highest BCUT2D eigenvalue weighted by Crippen LogP contribution is 2.36. The van der Waals surface area contributed by atoms with Crippen molar-refractivity contribution in [3.8, 4) is 6.07 Å². The molecular formula is C24H33N3S. The summed E-state index contributed by atoms with van der Waals surface area (Å²) in [6.07, 6.45) is 12.7. The van der Waals surface area contributed by atoms with Gasteiger partial charge in [0.15, 0.2) is 0 Å². The Morgan fingerprint density at radius 2 is 1.54 bits per heavy atom. The van der Waals surface area contributed by atoms with Gasteiger partial charge in [-0.15, -0.1) is 11.3 Å². The molecule has 1 N–H and O–H groups in total. The summed E-state index contributed by atoms with van der Waals surface area (Å²) >= 11 is 1.82. The summed E-state index contributed by atoms with van der Waals surface area (Å²) in [5, 5.41) is 14.5. The molecule has 150 valence electrons. The van der Waals surface area contributed by atoms with Gasteiger partial charge in [-0.05, 0) is 48.9 Å². The molecule has 0 atom stereocenters. The molecule has 0 fully saturated rings. The molecule has 3 rings (SSSR count). The van der Waals surface area contributed by atoms with Crippen molar-refractivity contribution in [3.63, 3.8) is 0 Å². The first-order valence-corrected chi connectivity index (χ1v) is 11.6. The molecule has 28 heavy (non-hydrogen) atoms. The van der Waals surface area contributed by atoms with Crippen molar-refractivity contribution in [1.29, 1.82) is 5.26 Å². The quantitative estimate of drug-likeness (QED) is 0.641. The van der Waals surface area contributed by atoms with E-state index in [9.17, 15) is 5.26 Å². The van der Waals surface area contributed by atoms with Gasteiger partial charge in [0, 0.05) is 31.2 Å². The van der Waals surface area contributed by atoms with Crippen LogP contribution in [-0.2, 0) is 19.4 Å². The minimum absolute atomic E-state index is 0.766. The Bertz CT molecular complexity index is 783. The van der Waals surface area contributed by atoms with Crippen molar-refractivity contribution >= 4 is 22.0 Å². The van der Waals surface area contributed by atoms with Gasteiger partial charge in [0.25, 0.3) is 0 Å². The summed E-state index contributed by atoms with van der Waals surface area (Å²) in [7, 11) is 4.12. The second-order valence-electron chi connectivity index (χ2n) is 8.06. The van der Waals surface area contributed by atoms with Gasteiger partial charge in [0.05, 0.1) is 5.56 Å². The molecule has 0 saturated heterocycles. The fraction of sp³-hybridized carbons (Fsp3) is 0.542. The summed E-state index contributed by atoms with van der Waals surface area (Å²) in [6, 6.07) is 11.1. The zero-order valence-electron chi connectivity index (χ0n) is 17.4. The Morgan fingerprint density at radius 1 is 0.929 bits per heavy atom. The number of nitrogens with one attached hydrogen (secondary N) is 1. The predicted octanol–water partition coefficient (Wildman–Crippen LogP) is 6.52. The Labute approximate surface area is 174 Å². The number of thiophene rings is 1. The molecule has 4 heteroatoms. The van der Waals surface area contributed by atoms with Crippen LogP contribution >= 0.6 is 11.3 Å². The van der Waals surface area contributed by atoms with Crippen LogP contribution in [0.5, 0.6) is 0 Å². The van der Waals surface area contributed by atoms with Crippen molar-refractivity contribution in [2.24, 2.45) is 0 Å². The van der Waals surface area contributed by atoms with Gasteiger partial charge in [-0.2, -0.15) is 5.26 Å². The number of fused-ring (bicyclic) bond motifs is 1. The van der Waals surface area contributed by atoms with Crippen LogP contribution in [0.15, 0.2) is 24.3 Å². The minimum atomic E-state index is 0.766. The molecule has 0 radical (unpaired) electrons. The molecular weight excluding hydrogens is 362 g/mol. The van der Waals surface area contributed by atoms with Crippen molar-refractivity contribution in [1.82, 2.24) is 0 Å². The minimum Gasteiger partial charge on any atom is -0.378 e. The standard InChI is InChI=1S/C24H33N3S/c1-27(2)20-15-13-19(14-16-20)18-26-24-22(17-25)21-11-9-7-5-3-4-6-8-10-12-23(21)28-24/h13-16,26H,3-12,18H2,1-2H3. The number of anilines is 2. The molecule has 0 amide bonds. The van der Waals surface area contributed by atoms with Crippen molar-refractivity contribution in [3.05, 3.63) is 45.8 Å². The molecule has 3 nitrogen and oxygen atoms in total. The van der Waals surface area contributed by atoms with E-state index in [1.165, 1.54) is 73.1 Å². The average molecular weight is 396 g/mol. The van der Waals surface area contributed by atoms with E-state index in [-0.39, 0.29) is 0 Å². The van der Waals surface area contributed by atoms with Crippen LogP contribution < -0.4 is 10.2 Å². The van der Waals surface area contributed by atoms with Crippen molar-refractivity contribution in [2.75, 3.05) is 24.3 Å². The third kappa shape index (κ3) is 5.52. The summed E-state index contributed by atoms with van der Waals surface area (Å²) in [5.41, 5.74) is 4.69. The summed E-state index contributed by atoms with van der Waals surface area (Å²) in [6.45, 7) is 0.766. The third-order valence-corrected chi connectivity index (χ3v) is 6.94. The van der Waals surface area contributed by atoms with E-state index in [4.69, 9.17) is 0 Å². The lowest BCUT2D eigenvalue weighted by atomic mass is 9.98. The van der Waals surface area contributed by atoms with Gasteiger partial charge in [-0.3, -0.25) is 0 Å². The van der Waals surface area contributed by atoms with Gasteiger partial charge in [-0.25, -0.2) is 0 Å². The third-order valence-electron chi connectivity index (χ3n) is 5.69. The fourth-order valence-corrected chi connectivity index (χ4v) is 5.20. The van der Waals surface area contributed by atoms with Gasteiger partial charge in [0.2, 0.25) is 0 Å². The Hall–Kier alpha value is -1.99. The second-order valence-corrected chi connectivity index (χ2v) is 9.17. The Balaban J connectivity index is 1.73. The molecule has 1 heterocycles. The zero-order valence-corrected chi connectivity index (χ0v) is 18.2. The van der Waals surface area contributed by atoms with Crippen LogP contribution in [0.1, 0.15) is 72.9 Å². The number of nitrogens with zero attached hydrogens (tertiary/aromatic N) is 2. The molecule has 2 aromatic rings. The first-order valence-electron chi connectivity index (χ1n) is 10.7. The van der Waals surface area contributed by atoms with Gasteiger partial charge in [-0.1, -0.05) is 50.7 Å². The molecule has 1 aliphatic carbocycles. The number of benzene rings is 1. The maximum atomic E-state index is 9.86. The highest BCUT2D eigenvalue weighted by atomic mass is 32.1. The van der Waals surface area contributed by atoms with Crippen molar-refractivity contribution in [2.45, 2.75) is 70.8 Å². The molecule has 0 aliphatic heterocycles. The molecule has 0 spiro atoms. The topological polar surface area (TPSA) is 39.1 Å². The summed E-state index contributed by atoms with van der Waals surface area (Å²) < 4.78 is 0. The highest BCUT2D eigenvalue weighted by Gasteiger charge is 2.18. The van der Waals surface area contributed by atoms with Gasteiger partial charge < -0.3 is 10.2 Å². The number of aryl methyl sites for hydroxylation is 1. The average Bonchev–Trinajstić information content (AvgIpc) is 3.03. The monoisotopic (exact) mass is 395 g/mol. The van der Waals surface area contributed by atoms with Crippen LogP contribution in [0.4, 0.5) is 10.7 Å². The Morgan fingerprint density at radius 3 is 2.14 bits per heavy atom. The van der Waals surface area contributed by atoms with E-state index >= 15 is 0 Å². The first kappa shape index (κ1) is 20.7. The lowest BCUT2D eigenvalue weighted by molar-refractivity contribution is 0.561. The Kier molecular flexibility index (Phi) is 7.80. The van der Waals surface area contributed by atoms with E-state index in [2.05, 4.69) is 54.6 Å². The second kappa shape index (κ2) is 10.5. The summed E-state index contributed by atoms with van der Waals surface area (Å²) in [5.74, 6) is 0. The number of nitriles is 1. The maximum absolute atomic E-state index is 9.86. The summed E-state index contributed by atoms with van der Waals surface area (Å²) in [4.78, 5) is 3.56. The number of hydrogen-bond acceptors (Lipinski definition) is 4. The molecule has 1 aromatic heterocycles. The van der Waals surface area contributed by atoms with Crippen LogP contribution in [0.25, 0.3) is 0 Å². The lowest BCUT2D eigenvalue weighted by Crippen LogP contribution is -2.08.